The van der Waals surface area contributed by atoms with Crippen LogP contribution in [0.2, 0.25) is 0 Å². The van der Waals surface area contributed by atoms with Gasteiger partial charge in [0.2, 0.25) is 0 Å². The summed E-state index contributed by atoms with van der Waals surface area (Å²) in [7, 11) is 0. The topological polar surface area (TPSA) is 64.4 Å². The maximum Gasteiger partial charge on any atom is 0.354 e. The van der Waals surface area contributed by atoms with Gasteiger partial charge in [0, 0.05) is 18.0 Å². The van der Waals surface area contributed by atoms with E-state index in [0.29, 0.717) is 19.6 Å². The molecule has 5 heteroatoms. The molecule has 5 nitrogen and oxygen atoms in total. The van der Waals surface area contributed by atoms with Gasteiger partial charge in [0.25, 0.3) is 0 Å². The van der Waals surface area contributed by atoms with Gasteiger partial charge in [0.15, 0.2) is 5.69 Å². The van der Waals surface area contributed by atoms with E-state index >= 15 is 0 Å². The second kappa shape index (κ2) is 3.66. The van der Waals surface area contributed by atoms with Gasteiger partial charge in [-0.15, -0.1) is 0 Å². The van der Waals surface area contributed by atoms with Gasteiger partial charge in [-0.1, -0.05) is 0 Å². The lowest BCUT2D eigenvalue weighted by atomic mass is 10.1. The van der Waals surface area contributed by atoms with E-state index in [1.54, 1.807) is 4.68 Å². The molecule has 2 rings (SSSR count). The Morgan fingerprint density at radius 3 is 2.93 bits per heavy atom. The van der Waals surface area contributed by atoms with Gasteiger partial charge in [0.05, 0.1) is 18.9 Å². The molecule has 1 N–H and O–H groups in total. The number of ether oxygens (including phenoxy) is 1. The summed E-state index contributed by atoms with van der Waals surface area (Å²) in [6.07, 6.45) is 0.704. The van der Waals surface area contributed by atoms with Crippen molar-refractivity contribution in [1.29, 1.82) is 0 Å². The van der Waals surface area contributed by atoms with Crippen LogP contribution >= 0.6 is 0 Å². The standard InChI is InChI=1S/C10H14N2O3/c1-6(2)12-9(10(13)14)7-5-15-4-3-8(7)11-12/h6H,3-5H2,1-2H3,(H,13,14). The summed E-state index contributed by atoms with van der Waals surface area (Å²) in [6.45, 7) is 4.84. The number of carboxylic acids is 1. The number of aromatic nitrogens is 2. The van der Waals surface area contributed by atoms with Gasteiger partial charge in [-0.3, -0.25) is 4.68 Å². The first-order chi connectivity index (χ1) is 7.11. The van der Waals surface area contributed by atoms with E-state index in [1.165, 1.54) is 0 Å². The highest BCUT2D eigenvalue weighted by Crippen LogP contribution is 2.23. The number of carbonyl (C=O) groups is 1. The second-order valence-electron chi connectivity index (χ2n) is 3.92. The van der Waals surface area contributed by atoms with Crippen LogP contribution in [0.3, 0.4) is 0 Å². The molecule has 0 atom stereocenters. The largest absolute Gasteiger partial charge is 0.477 e. The smallest absolute Gasteiger partial charge is 0.354 e. The van der Waals surface area contributed by atoms with Gasteiger partial charge in [-0.25, -0.2) is 4.79 Å². The molecule has 0 amide bonds. The van der Waals surface area contributed by atoms with Crippen molar-refractivity contribution >= 4 is 5.97 Å². The predicted octanol–water partition coefficient (Wildman–Crippen LogP) is 1.23. The minimum atomic E-state index is -0.928. The molecule has 82 valence electrons. The predicted molar refractivity (Wildman–Crippen MR) is 52.9 cm³/mol. The Morgan fingerprint density at radius 2 is 2.33 bits per heavy atom. The first-order valence-electron chi connectivity index (χ1n) is 5.02. The molecule has 0 saturated carbocycles. The van der Waals surface area contributed by atoms with Crippen molar-refractivity contribution in [1.82, 2.24) is 9.78 Å². The maximum atomic E-state index is 11.1. The van der Waals surface area contributed by atoms with Crippen molar-refractivity contribution in [3.05, 3.63) is 17.0 Å². The van der Waals surface area contributed by atoms with Crippen molar-refractivity contribution in [2.45, 2.75) is 32.9 Å². The summed E-state index contributed by atoms with van der Waals surface area (Å²) < 4.78 is 6.83. The average Bonchev–Trinajstić information content (AvgIpc) is 2.56. The van der Waals surface area contributed by atoms with Gasteiger partial charge >= 0.3 is 5.97 Å². The minimum Gasteiger partial charge on any atom is -0.477 e. The summed E-state index contributed by atoms with van der Waals surface area (Å²) in [5, 5.41) is 13.5. The molecular weight excluding hydrogens is 196 g/mol. The highest BCUT2D eigenvalue weighted by Gasteiger charge is 2.26. The molecule has 1 aliphatic heterocycles. The van der Waals surface area contributed by atoms with E-state index in [-0.39, 0.29) is 11.7 Å². The lowest BCUT2D eigenvalue weighted by Crippen LogP contribution is -2.14. The monoisotopic (exact) mass is 210 g/mol. The lowest BCUT2D eigenvalue weighted by molar-refractivity contribution is 0.0668. The second-order valence-corrected chi connectivity index (χ2v) is 3.92. The fourth-order valence-electron chi connectivity index (χ4n) is 1.81. The van der Waals surface area contributed by atoms with E-state index in [1.807, 2.05) is 13.8 Å². The number of rotatable bonds is 2. The molecule has 2 heterocycles. The van der Waals surface area contributed by atoms with E-state index in [2.05, 4.69) is 5.10 Å². The molecule has 0 aliphatic carbocycles. The Kier molecular flexibility index (Phi) is 2.48. The summed E-state index contributed by atoms with van der Waals surface area (Å²) >= 11 is 0. The quantitative estimate of drug-likeness (QED) is 0.797. The van der Waals surface area contributed by atoms with Crippen LogP contribution in [0, 0.1) is 0 Å². The number of hydrogen-bond acceptors (Lipinski definition) is 3. The molecule has 15 heavy (non-hydrogen) atoms. The van der Waals surface area contributed by atoms with Crippen molar-refractivity contribution in [3.8, 4) is 0 Å². The number of carboxylic acid groups (broad SMARTS) is 1. The van der Waals surface area contributed by atoms with Crippen LogP contribution in [0.4, 0.5) is 0 Å². The third-order valence-electron chi connectivity index (χ3n) is 2.51. The molecule has 0 unspecified atom stereocenters. The Hall–Kier alpha value is -1.36. The molecule has 0 radical (unpaired) electrons. The SMILES string of the molecule is CC(C)n1nc2c(c1C(=O)O)COCC2. The highest BCUT2D eigenvalue weighted by molar-refractivity contribution is 5.87. The van der Waals surface area contributed by atoms with Crippen LogP contribution in [0.1, 0.15) is 41.6 Å². The zero-order valence-corrected chi connectivity index (χ0v) is 8.86. The van der Waals surface area contributed by atoms with Crippen LogP contribution in [-0.4, -0.2) is 27.5 Å². The van der Waals surface area contributed by atoms with E-state index < -0.39 is 5.97 Å². The molecule has 0 aromatic carbocycles. The summed E-state index contributed by atoms with van der Waals surface area (Å²) in [6, 6.07) is 0.0571. The maximum absolute atomic E-state index is 11.1. The number of aromatic carboxylic acids is 1. The molecule has 0 saturated heterocycles. The van der Waals surface area contributed by atoms with Gasteiger partial charge < -0.3 is 9.84 Å². The van der Waals surface area contributed by atoms with Crippen molar-refractivity contribution in [2.24, 2.45) is 0 Å². The summed E-state index contributed by atoms with van der Waals surface area (Å²) in [5.74, 6) is -0.928. The third-order valence-corrected chi connectivity index (χ3v) is 2.51. The number of hydrogen-bond donors (Lipinski definition) is 1. The van der Waals surface area contributed by atoms with Gasteiger partial charge in [-0.05, 0) is 13.8 Å². The fourth-order valence-corrected chi connectivity index (χ4v) is 1.81. The third kappa shape index (κ3) is 1.63. The van der Waals surface area contributed by atoms with Crippen molar-refractivity contribution in [3.63, 3.8) is 0 Å². The van der Waals surface area contributed by atoms with Crippen molar-refractivity contribution < 1.29 is 14.6 Å². The first kappa shape index (κ1) is 10.2. The fraction of sp³-hybridized carbons (Fsp3) is 0.600. The van der Waals surface area contributed by atoms with E-state index in [4.69, 9.17) is 9.84 Å². The molecule has 1 aliphatic rings. The van der Waals surface area contributed by atoms with Crippen LogP contribution in [-0.2, 0) is 17.8 Å². The van der Waals surface area contributed by atoms with Crippen LogP contribution < -0.4 is 0 Å². The Bertz CT molecular complexity index is 396. The minimum absolute atomic E-state index is 0.0571. The molecule has 1 aromatic heterocycles. The average molecular weight is 210 g/mol. The zero-order valence-electron chi connectivity index (χ0n) is 8.86. The van der Waals surface area contributed by atoms with Gasteiger partial charge in [0.1, 0.15) is 0 Å². The number of nitrogens with zero attached hydrogens (tertiary/aromatic N) is 2. The van der Waals surface area contributed by atoms with Crippen LogP contribution in [0.25, 0.3) is 0 Å². The molecular formula is C10H14N2O3. The summed E-state index contributed by atoms with van der Waals surface area (Å²) in [5.41, 5.74) is 1.88. The Labute approximate surface area is 87.7 Å². The molecule has 0 fully saturated rings. The van der Waals surface area contributed by atoms with Crippen LogP contribution in [0.15, 0.2) is 0 Å². The van der Waals surface area contributed by atoms with Gasteiger partial charge in [-0.2, -0.15) is 5.10 Å². The first-order valence-corrected chi connectivity index (χ1v) is 5.02. The number of fused-ring (bicyclic) bond motifs is 1. The molecule has 1 aromatic rings. The molecule has 0 bridgehead atoms. The normalized spacial score (nSPS) is 15.4. The summed E-state index contributed by atoms with van der Waals surface area (Å²) in [4.78, 5) is 11.1. The zero-order chi connectivity index (χ0) is 11.0. The van der Waals surface area contributed by atoms with Crippen LogP contribution in [0.5, 0.6) is 0 Å². The highest BCUT2D eigenvalue weighted by atomic mass is 16.5. The van der Waals surface area contributed by atoms with E-state index in [0.717, 1.165) is 11.3 Å². The molecule has 0 spiro atoms. The lowest BCUT2D eigenvalue weighted by Gasteiger charge is -2.11. The Balaban J connectivity index is 2.56. The Morgan fingerprint density at radius 1 is 1.60 bits per heavy atom. The van der Waals surface area contributed by atoms with Crippen molar-refractivity contribution in [2.75, 3.05) is 6.61 Å². The van der Waals surface area contributed by atoms with E-state index in [9.17, 15) is 4.79 Å².